The highest BCUT2D eigenvalue weighted by Gasteiger charge is 2.29. The van der Waals surface area contributed by atoms with Gasteiger partial charge in [0.15, 0.2) is 0 Å². The molecule has 1 fully saturated rings. The van der Waals surface area contributed by atoms with Gasteiger partial charge in [-0.05, 0) is 6.92 Å². The van der Waals surface area contributed by atoms with Gasteiger partial charge in [-0.3, -0.25) is 4.79 Å². The molecule has 1 aliphatic rings. The molecule has 1 amide bonds. The summed E-state index contributed by atoms with van der Waals surface area (Å²) < 4.78 is 7.22. The van der Waals surface area contributed by atoms with Crippen LogP contribution >= 0.6 is 0 Å². The molecular formula is C11H17N3O3. The highest BCUT2D eigenvalue weighted by molar-refractivity contribution is 5.92. The number of carbonyl (C=O) groups is 1. The van der Waals surface area contributed by atoms with Crippen LogP contribution in [0.4, 0.5) is 0 Å². The number of nitrogens with zero attached hydrogens (tertiary/aromatic N) is 3. The van der Waals surface area contributed by atoms with Gasteiger partial charge in [-0.25, -0.2) is 4.98 Å². The number of aromatic nitrogens is 2. The van der Waals surface area contributed by atoms with Crippen LogP contribution in [0.2, 0.25) is 0 Å². The summed E-state index contributed by atoms with van der Waals surface area (Å²) in [6.45, 7) is 2.76. The molecule has 2 rings (SSSR count). The standard InChI is InChI=1S/C11H17N3O3/c1-8-3-14(4-9(6-15)17-8)11(16)10-5-13(2)7-12-10/h5,7-9,15H,3-4,6H2,1-2H3. The third kappa shape index (κ3) is 2.65. The van der Waals surface area contributed by atoms with Crippen LogP contribution in [0.25, 0.3) is 0 Å². The average molecular weight is 239 g/mol. The number of aryl methyl sites for hydroxylation is 1. The number of ether oxygens (including phenoxy) is 1. The Kier molecular flexibility index (Phi) is 3.44. The Morgan fingerprint density at radius 2 is 2.41 bits per heavy atom. The van der Waals surface area contributed by atoms with Crippen LogP contribution in [-0.4, -0.2) is 57.4 Å². The molecular weight excluding hydrogens is 222 g/mol. The van der Waals surface area contributed by atoms with E-state index in [0.29, 0.717) is 18.8 Å². The SMILES string of the molecule is CC1CN(C(=O)c2cn(C)cn2)CC(CO)O1. The van der Waals surface area contributed by atoms with E-state index >= 15 is 0 Å². The number of carbonyl (C=O) groups excluding carboxylic acids is 1. The van der Waals surface area contributed by atoms with Crippen molar-refractivity contribution in [3.8, 4) is 0 Å². The highest BCUT2D eigenvalue weighted by Crippen LogP contribution is 2.13. The third-order valence-corrected chi connectivity index (χ3v) is 2.74. The number of morpholine rings is 1. The Hall–Kier alpha value is -1.40. The lowest BCUT2D eigenvalue weighted by Gasteiger charge is -2.35. The predicted molar refractivity (Wildman–Crippen MR) is 60.5 cm³/mol. The van der Waals surface area contributed by atoms with E-state index in [-0.39, 0.29) is 24.7 Å². The van der Waals surface area contributed by atoms with Gasteiger partial charge in [-0.1, -0.05) is 0 Å². The fourth-order valence-corrected chi connectivity index (χ4v) is 2.00. The van der Waals surface area contributed by atoms with E-state index < -0.39 is 0 Å². The number of aliphatic hydroxyl groups is 1. The summed E-state index contributed by atoms with van der Waals surface area (Å²) in [6, 6.07) is 0. The average Bonchev–Trinajstić information content (AvgIpc) is 2.74. The van der Waals surface area contributed by atoms with Crippen molar-refractivity contribution in [1.29, 1.82) is 0 Å². The van der Waals surface area contributed by atoms with Crippen molar-refractivity contribution in [3.05, 3.63) is 18.2 Å². The zero-order valence-electron chi connectivity index (χ0n) is 10.0. The Morgan fingerprint density at radius 3 is 3.00 bits per heavy atom. The maximum Gasteiger partial charge on any atom is 0.274 e. The molecule has 94 valence electrons. The second-order valence-corrected chi connectivity index (χ2v) is 4.39. The second-order valence-electron chi connectivity index (χ2n) is 4.39. The topological polar surface area (TPSA) is 67.6 Å². The minimum absolute atomic E-state index is 0.0615. The van der Waals surface area contributed by atoms with Crippen LogP contribution in [0.1, 0.15) is 17.4 Å². The first-order valence-electron chi connectivity index (χ1n) is 5.63. The minimum Gasteiger partial charge on any atom is -0.394 e. The van der Waals surface area contributed by atoms with Gasteiger partial charge in [-0.15, -0.1) is 0 Å². The fraction of sp³-hybridized carbons (Fsp3) is 0.636. The van der Waals surface area contributed by atoms with Gasteiger partial charge >= 0.3 is 0 Å². The first-order valence-corrected chi connectivity index (χ1v) is 5.63. The first-order chi connectivity index (χ1) is 8.10. The molecule has 0 saturated carbocycles. The molecule has 2 unspecified atom stereocenters. The zero-order chi connectivity index (χ0) is 12.4. The molecule has 1 saturated heterocycles. The molecule has 1 aromatic heterocycles. The van der Waals surface area contributed by atoms with Gasteiger partial charge in [0.2, 0.25) is 0 Å². The van der Waals surface area contributed by atoms with Crippen LogP contribution in [0.3, 0.4) is 0 Å². The third-order valence-electron chi connectivity index (χ3n) is 2.74. The monoisotopic (exact) mass is 239 g/mol. The minimum atomic E-state index is -0.300. The molecule has 17 heavy (non-hydrogen) atoms. The van der Waals surface area contributed by atoms with Crippen molar-refractivity contribution in [2.24, 2.45) is 7.05 Å². The Labute approximate surface area is 99.8 Å². The number of hydrogen-bond acceptors (Lipinski definition) is 4. The van der Waals surface area contributed by atoms with E-state index in [0.717, 1.165) is 0 Å². The maximum atomic E-state index is 12.1. The van der Waals surface area contributed by atoms with E-state index in [1.807, 2.05) is 14.0 Å². The molecule has 2 heterocycles. The molecule has 6 nitrogen and oxygen atoms in total. The summed E-state index contributed by atoms with van der Waals surface area (Å²) in [7, 11) is 1.82. The lowest BCUT2D eigenvalue weighted by Crippen LogP contribution is -2.50. The number of hydrogen-bond donors (Lipinski definition) is 1. The largest absolute Gasteiger partial charge is 0.394 e. The number of imidazole rings is 1. The molecule has 1 aliphatic heterocycles. The van der Waals surface area contributed by atoms with Crippen molar-refractivity contribution in [2.45, 2.75) is 19.1 Å². The quantitative estimate of drug-likeness (QED) is 0.765. The van der Waals surface area contributed by atoms with Gasteiger partial charge < -0.3 is 19.3 Å². The van der Waals surface area contributed by atoms with Crippen LogP contribution in [0, 0.1) is 0 Å². The predicted octanol–water partition coefficient (Wildman–Crippen LogP) is -0.358. The van der Waals surface area contributed by atoms with E-state index in [2.05, 4.69) is 4.98 Å². The molecule has 6 heteroatoms. The zero-order valence-corrected chi connectivity index (χ0v) is 10.0. The molecule has 0 bridgehead atoms. The maximum absolute atomic E-state index is 12.1. The molecule has 0 aliphatic carbocycles. The van der Waals surface area contributed by atoms with Crippen molar-refractivity contribution in [3.63, 3.8) is 0 Å². The van der Waals surface area contributed by atoms with Gasteiger partial charge in [-0.2, -0.15) is 0 Å². The van der Waals surface area contributed by atoms with Gasteiger partial charge in [0, 0.05) is 26.3 Å². The van der Waals surface area contributed by atoms with Crippen LogP contribution in [0.15, 0.2) is 12.5 Å². The van der Waals surface area contributed by atoms with E-state index in [9.17, 15) is 4.79 Å². The van der Waals surface area contributed by atoms with Gasteiger partial charge in [0.25, 0.3) is 5.91 Å². The van der Waals surface area contributed by atoms with Crippen molar-refractivity contribution >= 4 is 5.91 Å². The van der Waals surface area contributed by atoms with Crippen molar-refractivity contribution in [2.75, 3.05) is 19.7 Å². The fourth-order valence-electron chi connectivity index (χ4n) is 2.00. The molecule has 0 radical (unpaired) electrons. The van der Waals surface area contributed by atoms with Crippen molar-refractivity contribution < 1.29 is 14.6 Å². The molecule has 1 aromatic rings. The second kappa shape index (κ2) is 4.85. The van der Waals surface area contributed by atoms with Crippen molar-refractivity contribution in [1.82, 2.24) is 14.5 Å². The Bertz CT molecular complexity index is 404. The van der Waals surface area contributed by atoms with Crippen LogP contribution in [0.5, 0.6) is 0 Å². The number of rotatable bonds is 2. The Balaban J connectivity index is 2.08. The van der Waals surface area contributed by atoms with Gasteiger partial charge in [0.1, 0.15) is 5.69 Å². The van der Waals surface area contributed by atoms with Gasteiger partial charge in [0.05, 0.1) is 25.1 Å². The summed E-state index contributed by atoms with van der Waals surface area (Å²) in [6.07, 6.45) is 2.93. The molecule has 1 N–H and O–H groups in total. The van der Waals surface area contributed by atoms with Crippen LogP contribution < -0.4 is 0 Å². The molecule has 0 aromatic carbocycles. The van der Waals surface area contributed by atoms with E-state index in [1.165, 1.54) is 0 Å². The smallest absolute Gasteiger partial charge is 0.274 e. The van der Waals surface area contributed by atoms with E-state index in [4.69, 9.17) is 9.84 Å². The summed E-state index contributed by atoms with van der Waals surface area (Å²) in [5.41, 5.74) is 0.429. The highest BCUT2D eigenvalue weighted by atomic mass is 16.5. The summed E-state index contributed by atoms with van der Waals surface area (Å²) in [4.78, 5) is 17.8. The lowest BCUT2D eigenvalue weighted by atomic mass is 10.2. The summed E-state index contributed by atoms with van der Waals surface area (Å²) >= 11 is 0. The Morgan fingerprint density at radius 1 is 1.65 bits per heavy atom. The number of aliphatic hydroxyl groups excluding tert-OH is 1. The molecule has 0 spiro atoms. The number of amides is 1. The summed E-state index contributed by atoms with van der Waals surface area (Å²) in [5.74, 6) is -0.112. The molecule has 2 atom stereocenters. The first kappa shape index (κ1) is 12.1. The lowest BCUT2D eigenvalue weighted by molar-refractivity contribution is -0.0859. The van der Waals surface area contributed by atoms with Crippen LogP contribution in [-0.2, 0) is 11.8 Å². The normalized spacial score (nSPS) is 25.0. The van der Waals surface area contributed by atoms with E-state index in [1.54, 1.807) is 22.0 Å². The summed E-state index contributed by atoms with van der Waals surface area (Å²) in [5, 5.41) is 9.10.